The Morgan fingerprint density at radius 2 is 1.77 bits per heavy atom. The van der Waals surface area contributed by atoms with Gasteiger partial charge < -0.3 is 14.7 Å². The van der Waals surface area contributed by atoms with Crippen molar-refractivity contribution in [3.8, 4) is 0 Å². The Kier molecular flexibility index (Phi) is 7.60. The smallest absolute Gasteiger partial charge is 0.335 e. The molecule has 1 N–H and O–H groups in total. The number of benzene rings is 1. The fourth-order valence-corrected chi connectivity index (χ4v) is 2.47. The van der Waals surface area contributed by atoms with Crippen LogP contribution in [0.25, 0.3) is 0 Å². The van der Waals surface area contributed by atoms with Crippen molar-refractivity contribution in [3.05, 3.63) is 35.4 Å². The third-order valence-electron chi connectivity index (χ3n) is 3.80. The molecule has 0 unspecified atom stereocenters. The number of hydrogen-bond donors (Lipinski definition) is 1. The summed E-state index contributed by atoms with van der Waals surface area (Å²) in [6, 6.07) is 6.66. The highest BCUT2D eigenvalue weighted by atomic mass is 16.5. The molecule has 0 aliphatic rings. The number of amides is 1. The zero-order chi connectivity index (χ0) is 16.5. The van der Waals surface area contributed by atoms with Gasteiger partial charge in [-0.05, 0) is 30.5 Å². The summed E-state index contributed by atoms with van der Waals surface area (Å²) in [5, 5.41) is 8.89. The lowest BCUT2D eigenvalue weighted by Crippen LogP contribution is -2.42. The highest BCUT2D eigenvalue weighted by molar-refractivity contribution is 5.87. The molecule has 0 heterocycles. The average molecular weight is 307 g/mol. The number of ether oxygens (including phenoxy) is 1. The molecule has 22 heavy (non-hydrogen) atoms. The molecule has 0 bridgehead atoms. The van der Waals surface area contributed by atoms with E-state index in [-0.39, 0.29) is 23.9 Å². The largest absolute Gasteiger partial charge is 0.478 e. The number of rotatable bonds is 9. The molecule has 0 aliphatic carbocycles. The monoisotopic (exact) mass is 307 g/mol. The molecular weight excluding hydrogens is 282 g/mol. The molecule has 0 saturated carbocycles. The predicted octanol–water partition coefficient (Wildman–Crippen LogP) is 2.59. The van der Waals surface area contributed by atoms with Crippen molar-refractivity contribution >= 4 is 11.9 Å². The molecule has 5 heteroatoms. The van der Waals surface area contributed by atoms with E-state index in [9.17, 15) is 9.59 Å². The Hall–Kier alpha value is -1.88. The van der Waals surface area contributed by atoms with Gasteiger partial charge in [0.05, 0.1) is 18.6 Å². The highest BCUT2D eigenvalue weighted by Crippen LogP contribution is 2.12. The summed E-state index contributed by atoms with van der Waals surface area (Å²) >= 11 is 0. The number of carboxylic acids is 1. The van der Waals surface area contributed by atoms with Gasteiger partial charge >= 0.3 is 5.97 Å². The summed E-state index contributed by atoms with van der Waals surface area (Å²) in [4.78, 5) is 25.3. The van der Waals surface area contributed by atoms with Crippen LogP contribution in [0.3, 0.4) is 0 Å². The van der Waals surface area contributed by atoms with Gasteiger partial charge in [-0.2, -0.15) is 0 Å². The van der Waals surface area contributed by atoms with E-state index in [1.54, 1.807) is 19.2 Å². The van der Waals surface area contributed by atoms with Gasteiger partial charge in [0.1, 0.15) is 0 Å². The van der Waals surface area contributed by atoms with E-state index >= 15 is 0 Å². The van der Waals surface area contributed by atoms with Crippen LogP contribution in [0.5, 0.6) is 0 Å². The lowest BCUT2D eigenvalue weighted by Gasteiger charge is -2.30. The Balaban J connectivity index is 2.78. The number of nitrogens with zero attached hydrogens (tertiary/aromatic N) is 1. The fraction of sp³-hybridized carbons (Fsp3) is 0.529. The van der Waals surface area contributed by atoms with Gasteiger partial charge in [0.25, 0.3) is 0 Å². The van der Waals surface area contributed by atoms with Crippen LogP contribution in [0.15, 0.2) is 24.3 Å². The van der Waals surface area contributed by atoms with Gasteiger partial charge in [0.15, 0.2) is 0 Å². The summed E-state index contributed by atoms with van der Waals surface area (Å²) in [5.74, 6) is -0.912. The molecule has 1 aromatic carbocycles. The zero-order valence-corrected chi connectivity index (χ0v) is 13.5. The van der Waals surface area contributed by atoms with Crippen LogP contribution in [0.2, 0.25) is 0 Å². The second-order valence-corrected chi connectivity index (χ2v) is 5.23. The predicted molar refractivity (Wildman–Crippen MR) is 85.1 cm³/mol. The second kappa shape index (κ2) is 9.20. The van der Waals surface area contributed by atoms with Crippen molar-refractivity contribution in [3.63, 3.8) is 0 Å². The third kappa shape index (κ3) is 5.15. The Labute approximate surface area is 131 Å². The third-order valence-corrected chi connectivity index (χ3v) is 3.80. The first-order chi connectivity index (χ1) is 10.5. The Bertz CT molecular complexity index is 480. The van der Waals surface area contributed by atoms with E-state index in [0.29, 0.717) is 13.2 Å². The van der Waals surface area contributed by atoms with Crippen molar-refractivity contribution in [2.45, 2.75) is 39.2 Å². The number of methoxy groups -OCH3 is 1. The SMILES string of the molecule is CCC(CC)N(CCOC)C(=O)Cc1ccc(C(=O)O)cc1. The maximum atomic E-state index is 12.6. The molecule has 5 nitrogen and oxygen atoms in total. The van der Waals surface area contributed by atoms with Crippen LogP contribution in [-0.4, -0.2) is 48.2 Å². The van der Waals surface area contributed by atoms with E-state index in [2.05, 4.69) is 13.8 Å². The summed E-state index contributed by atoms with van der Waals surface area (Å²) < 4.78 is 5.09. The Morgan fingerprint density at radius 3 is 2.23 bits per heavy atom. The van der Waals surface area contributed by atoms with E-state index in [4.69, 9.17) is 9.84 Å². The van der Waals surface area contributed by atoms with E-state index in [1.165, 1.54) is 12.1 Å². The fourth-order valence-electron chi connectivity index (χ4n) is 2.47. The number of carbonyl (C=O) groups is 2. The highest BCUT2D eigenvalue weighted by Gasteiger charge is 2.20. The lowest BCUT2D eigenvalue weighted by atomic mass is 10.1. The molecule has 0 radical (unpaired) electrons. The van der Waals surface area contributed by atoms with Gasteiger partial charge in [0, 0.05) is 19.7 Å². The second-order valence-electron chi connectivity index (χ2n) is 5.23. The first kappa shape index (κ1) is 18.2. The van der Waals surface area contributed by atoms with Crippen LogP contribution < -0.4 is 0 Å². The molecule has 1 aromatic rings. The Morgan fingerprint density at radius 1 is 1.18 bits per heavy atom. The molecular formula is C17H25NO4. The van der Waals surface area contributed by atoms with E-state index in [0.717, 1.165) is 18.4 Å². The van der Waals surface area contributed by atoms with E-state index in [1.807, 2.05) is 4.90 Å². The molecule has 0 aliphatic heterocycles. The van der Waals surface area contributed by atoms with Gasteiger partial charge in [-0.15, -0.1) is 0 Å². The van der Waals surface area contributed by atoms with Gasteiger partial charge in [-0.25, -0.2) is 4.79 Å². The lowest BCUT2D eigenvalue weighted by molar-refractivity contribution is -0.133. The van der Waals surface area contributed by atoms with Crippen molar-refractivity contribution < 1.29 is 19.4 Å². The zero-order valence-electron chi connectivity index (χ0n) is 13.5. The average Bonchev–Trinajstić information content (AvgIpc) is 2.51. The number of carbonyl (C=O) groups excluding carboxylic acids is 1. The van der Waals surface area contributed by atoms with Gasteiger partial charge in [-0.1, -0.05) is 26.0 Å². The quantitative estimate of drug-likeness (QED) is 0.761. The van der Waals surface area contributed by atoms with Gasteiger partial charge in [-0.3, -0.25) is 4.79 Å². The normalized spacial score (nSPS) is 10.7. The molecule has 1 amide bonds. The topological polar surface area (TPSA) is 66.8 Å². The van der Waals surface area contributed by atoms with Crippen molar-refractivity contribution in [1.82, 2.24) is 4.90 Å². The number of aromatic carboxylic acids is 1. The summed E-state index contributed by atoms with van der Waals surface area (Å²) in [6.07, 6.45) is 2.09. The summed E-state index contributed by atoms with van der Waals surface area (Å²) in [7, 11) is 1.63. The molecule has 0 saturated heterocycles. The number of carboxylic acid groups (broad SMARTS) is 1. The van der Waals surface area contributed by atoms with Crippen LogP contribution >= 0.6 is 0 Å². The molecule has 0 atom stereocenters. The first-order valence-corrected chi connectivity index (χ1v) is 7.64. The minimum absolute atomic E-state index is 0.0498. The first-order valence-electron chi connectivity index (χ1n) is 7.64. The van der Waals surface area contributed by atoms with Crippen molar-refractivity contribution in [2.24, 2.45) is 0 Å². The molecule has 0 aromatic heterocycles. The molecule has 122 valence electrons. The summed E-state index contributed by atoms with van der Waals surface area (Å²) in [6.45, 7) is 5.24. The van der Waals surface area contributed by atoms with Gasteiger partial charge in [0.2, 0.25) is 5.91 Å². The maximum absolute atomic E-state index is 12.6. The molecule has 1 rings (SSSR count). The molecule has 0 spiro atoms. The van der Waals surface area contributed by atoms with E-state index < -0.39 is 5.97 Å². The summed E-state index contributed by atoms with van der Waals surface area (Å²) in [5.41, 5.74) is 1.05. The van der Waals surface area contributed by atoms with Crippen LogP contribution in [0, 0.1) is 0 Å². The minimum Gasteiger partial charge on any atom is -0.478 e. The maximum Gasteiger partial charge on any atom is 0.335 e. The van der Waals surface area contributed by atoms with Crippen molar-refractivity contribution in [2.75, 3.05) is 20.3 Å². The van der Waals surface area contributed by atoms with Crippen LogP contribution in [-0.2, 0) is 16.0 Å². The van der Waals surface area contributed by atoms with Crippen LogP contribution in [0.1, 0.15) is 42.6 Å². The van der Waals surface area contributed by atoms with Crippen LogP contribution in [0.4, 0.5) is 0 Å². The molecule has 0 fully saturated rings. The minimum atomic E-state index is -0.961. The standard InChI is InChI=1S/C17H25NO4/c1-4-15(5-2)18(10-11-22-3)16(19)12-13-6-8-14(9-7-13)17(20)21/h6-9,15H,4-5,10-12H2,1-3H3,(H,20,21). The van der Waals surface area contributed by atoms with Crippen molar-refractivity contribution in [1.29, 1.82) is 0 Å². The number of hydrogen-bond acceptors (Lipinski definition) is 3.